The van der Waals surface area contributed by atoms with Crippen molar-refractivity contribution in [1.29, 1.82) is 0 Å². The molecular formula is C9H15ClN2S. The van der Waals surface area contributed by atoms with Crippen molar-refractivity contribution < 1.29 is 0 Å². The molecule has 0 aliphatic heterocycles. The van der Waals surface area contributed by atoms with Crippen LogP contribution in [0.5, 0.6) is 0 Å². The molecular weight excluding hydrogens is 204 g/mol. The third-order valence-corrected chi connectivity index (χ3v) is 3.60. The monoisotopic (exact) mass is 218 g/mol. The van der Waals surface area contributed by atoms with Crippen LogP contribution in [0.4, 0.5) is 5.13 Å². The number of aromatic nitrogens is 1. The fourth-order valence-corrected chi connectivity index (χ4v) is 2.03. The van der Waals surface area contributed by atoms with E-state index in [1.807, 2.05) is 5.38 Å². The van der Waals surface area contributed by atoms with Crippen LogP contribution >= 0.6 is 22.9 Å². The molecule has 0 N–H and O–H groups in total. The molecule has 0 spiro atoms. The highest BCUT2D eigenvalue weighted by Crippen LogP contribution is 2.25. The topological polar surface area (TPSA) is 16.1 Å². The van der Waals surface area contributed by atoms with Crippen molar-refractivity contribution in [3.63, 3.8) is 0 Å². The molecule has 0 aliphatic carbocycles. The fourth-order valence-electron chi connectivity index (χ4n) is 1.03. The Hall–Kier alpha value is -0.280. The van der Waals surface area contributed by atoms with Gasteiger partial charge in [-0.3, -0.25) is 0 Å². The lowest BCUT2D eigenvalue weighted by molar-refractivity contribution is 0.505. The van der Waals surface area contributed by atoms with Gasteiger partial charge in [0.2, 0.25) is 0 Å². The van der Waals surface area contributed by atoms with E-state index in [0.717, 1.165) is 5.13 Å². The van der Waals surface area contributed by atoms with E-state index in [2.05, 4.69) is 37.7 Å². The highest BCUT2D eigenvalue weighted by molar-refractivity contribution is 7.14. The Morgan fingerprint density at radius 2 is 2.08 bits per heavy atom. The lowest BCUT2D eigenvalue weighted by Crippen LogP contribution is -2.32. The standard InChI is InChI=1S/C9H15ClN2S/c1-6(2)7(3)12(4)9-11-8(10)5-13-9/h5-7H,1-4H3. The van der Waals surface area contributed by atoms with Crippen molar-refractivity contribution in [2.75, 3.05) is 11.9 Å². The second-order valence-corrected chi connectivity index (χ2v) is 4.77. The molecule has 2 nitrogen and oxygen atoms in total. The molecule has 1 unspecified atom stereocenters. The Morgan fingerprint density at radius 3 is 2.46 bits per heavy atom. The van der Waals surface area contributed by atoms with Crippen LogP contribution in [0, 0.1) is 5.92 Å². The van der Waals surface area contributed by atoms with Gasteiger partial charge in [-0.25, -0.2) is 4.98 Å². The van der Waals surface area contributed by atoms with Crippen LogP contribution in [0.2, 0.25) is 5.15 Å². The summed E-state index contributed by atoms with van der Waals surface area (Å²) in [5.41, 5.74) is 0. The first-order chi connectivity index (χ1) is 6.02. The molecule has 1 aromatic heterocycles. The van der Waals surface area contributed by atoms with Gasteiger partial charge in [-0.2, -0.15) is 0 Å². The van der Waals surface area contributed by atoms with Gasteiger partial charge in [0.15, 0.2) is 5.13 Å². The highest BCUT2D eigenvalue weighted by atomic mass is 35.5. The summed E-state index contributed by atoms with van der Waals surface area (Å²) in [4.78, 5) is 6.39. The average Bonchev–Trinajstić information content (AvgIpc) is 2.49. The van der Waals surface area contributed by atoms with Crippen LogP contribution in [-0.2, 0) is 0 Å². The number of thiazole rings is 1. The number of hydrogen-bond acceptors (Lipinski definition) is 3. The van der Waals surface area contributed by atoms with Crippen LogP contribution in [0.1, 0.15) is 20.8 Å². The van der Waals surface area contributed by atoms with Gasteiger partial charge in [-0.15, -0.1) is 11.3 Å². The second-order valence-electron chi connectivity index (χ2n) is 3.55. The van der Waals surface area contributed by atoms with Gasteiger partial charge < -0.3 is 4.90 Å². The summed E-state index contributed by atoms with van der Waals surface area (Å²) in [6.07, 6.45) is 0. The molecule has 1 rings (SSSR count). The lowest BCUT2D eigenvalue weighted by atomic mass is 10.1. The predicted molar refractivity (Wildman–Crippen MR) is 59.8 cm³/mol. The zero-order chi connectivity index (χ0) is 10.0. The van der Waals surface area contributed by atoms with Gasteiger partial charge in [-0.1, -0.05) is 25.4 Å². The Bertz CT molecular complexity index is 272. The predicted octanol–water partition coefficient (Wildman–Crippen LogP) is 3.28. The number of anilines is 1. The Labute approximate surface area is 88.5 Å². The van der Waals surface area contributed by atoms with Crippen molar-refractivity contribution in [1.82, 2.24) is 4.98 Å². The van der Waals surface area contributed by atoms with Gasteiger partial charge in [0.05, 0.1) is 0 Å². The molecule has 0 aromatic carbocycles. The first kappa shape index (κ1) is 10.8. The molecule has 1 aromatic rings. The summed E-state index contributed by atoms with van der Waals surface area (Å²) in [6, 6.07) is 0.488. The van der Waals surface area contributed by atoms with Crippen LogP contribution in [0.15, 0.2) is 5.38 Å². The maximum Gasteiger partial charge on any atom is 0.186 e. The van der Waals surface area contributed by atoms with E-state index in [1.165, 1.54) is 0 Å². The molecule has 0 saturated carbocycles. The minimum atomic E-state index is 0.488. The van der Waals surface area contributed by atoms with Crippen LogP contribution in [-0.4, -0.2) is 18.1 Å². The first-order valence-corrected chi connectivity index (χ1v) is 5.62. The molecule has 0 radical (unpaired) electrons. The largest absolute Gasteiger partial charge is 0.348 e. The van der Waals surface area contributed by atoms with Crippen LogP contribution in [0.3, 0.4) is 0 Å². The molecule has 0 bridgehead atoms. The summed E-state index contributed by atoms with van der Waals surface area (Å²) in [5, 5.41) is 3.44. The summed E-state index contributed by atoms with van der Waals surface area (Å²) in [7, 11) is 2.06. The zero-order valence-electron chi connectivity index (χ0n) is 8.41. The lowest BCUT2D eigenvalue weighted by Gasteiger charge is -2.27. The Balaban J connectivity index is 2.73. The third kappa shape index (κ3) is 2.58. The number of rotatable bonds is 3. The van der Waals surface area contributed by atoms with Crippen molar-refractivity contribution in [2.45, 2.75) is 26.8 Å². The molecule has 0 amide bonds. The Morgan fingerprint density at radius 1 is 1.46 bits per heavy atom. The summed E-state index contributed by atoms with van der Waals surface area (Å²) >= 11 is 7.35. The van der Waals surface area contributed by atoms with E-state index in [1.54, 1.807) is 11.3 Å². The number of nitrogens with zero attached hydrogens (tertiary/aromatic N) is 2. The van der Waals surface area contributed by atoms with Crippen LogP contribution in [0.25, 0.3) is 0 Å². The normalized spacial score (nSPS) is 13.4. The maximum absolute atomic E-state index is 5.76. The molecule has 13 heavy (non-hydrogen) atoms. The van der Waals surface area contributed by atoms with E-state index >= 15 is 0 Å². The molecule has 0 aliphatic rings. The number of hydrogen-bond donors (Lipinski definition) is 0. The van der Waals surface area contributed by atoms with Gasteiger partial charge >= 0.3 is 0 Å². The highest BCUT2D eigenvalue weighted by Gasteiger charge is 2.15. The van der Waals surface area contributed by atoms with Gasteiger partial charge in [0.25, 0.3) is 0 Å². The van der Waals surface area contributed by atoms with E-state index in [0.29, 0.717) is 17.1 Å². The quantitative estimate of drug-likeness (QED) is 0.774. The van der Waals surface area contributed by atoms with E-state index < -0.39 is 0 Å². The van der Waals surface area contributed by atoms with Crippen molar-refractivity contribution >= 4 is 28.1 Å². The van der Waals surface area contributed by atoms with E-state index in [4.69, 9.17) is 11.6 Å². The zero-order valence-corrected chi connectivity index (χ0v) is 9.99. The second kappa shape index (κ2) is 4.29. The number of halogens is 1. The van der Waals surface area contributed by atoms with Crippen molar-refractivity contribution in [2.24, 2.45) is 5.92 Å². The molecule has 0 saturated heterocycles. The summed E-state index contributed by atoms with van der Waals surface area (Å²) in [5.74, 6) is 0.618. The maximum atomic E-state index is 5.76. The van der Waals surface area contributed by atoms with Gasteiger partial charge in [0, 0.05) is 18.5 Å². The summed E-state index contributed by atoms with van der Waals surface area (Å²) < 4.78 is 0. The molecule has 74 valence electrons. The molecule has 1 atom stereocenters. The smallest absolute Gasteiger partial charge is 0.186 e. The van der Waals surface area contributed by atoms with Crippen LogP contribution < -0.4 is 4.90 Å². The van der Waals surface area contributed by atoms with Gasteiger partial charge in [-0.05, 0) is 12.8 Å². The Kier molecular flexibility index (Phi) is 3.56. The molecule has 0 fully saturated rings. The van der Waals surface area contributed by atoms with Gasteiger partial charge in [0.1, 0.15) is 5.15 Å². The van der Waals surface area contributed by atoms with Crippen molar-refractivity contribution in [3.8, 4) is 0 Å². The van der Waals surface area contributed by atoms with E-state index in [-0.39, 0.29) is 0 Å². The molecule has 4 heteroatoms. The fraction of sp³-hybridized carbons (Fsp3) is 0.667. The molecule has 1 heterocycles. The SMILES string of the molecule is CC(C)C(C)N(C)c1nc(Cl)cs1. The summed E-state index contributed by atoms with van der Waals surface area (Å²) in [6.45, 7) is 6.60. The minimum Gasteiger partial charge on any atom is -0.348 e. The average molecular weight is 219 g/mol. The minimum absolute atomic E-state index is 0.488. The van der Waals surface area contributed by atoms with E-state index in [9.17, 15) is 0 Å². The van der Waals surface area contributed by atoms with Crippen molar-refractivity contribution in [3.05, 3.63) is 10.5 Å². The third-order valence-electron chi connectivity index (χ3n) is 2.34. The first-order valence-electron chi connectivity index (χ1n) is 4.36.